The van der Waals surface area contributed by atoms with Gasteiger partial charge in [-0.3, -0.25) is 0 Å². The highest BCUT2D eigenvalue weighted by Crippen LogP contribution is 2.36. The van der Waals surface area contributed by atoms with Crippen molar-refractivity contribution in [1.82, 2.24) is 0 Å². The summed E-state index contributed by atoms with van der Waals surface area (Å²) in [6.45, 7) is 6.79. The summed E-state index contributed by atoms with van der Waals surface area (Å²) in [4.78, 5) is 0. The minimum Gasteiger partial charge on any atom is -0.491 e. The maximum absolute atomic E-state index is 9.51. The first-order valence-electron chi connectivity index (χ1n) is 12.2. The van der Waals surface area contributed by atoms with Crippen LogP contribution < -0.4 is 14.2 Å². The second-order valence-electron chi connectivity index (χ2n) is 9.29. The summed E-state index contributed by atoms with van der Waals surface area (Å²) in [6.07, 6.45) is -0.0550. The third-order valence-electron chi connectivity index (χ3n) is 6.12. The van der Waals surface area contributed by atoms with Gasteiger partial charge >= 0.3 is 0 Å². The highest BCUT2D eigenvalue weighted by molar-refractivity contribution is 5.48. The summed E-state index contributed by atoms with van der Waals surface area (Å²) >= 11 is 0. The number of epoxide rings is 2. The molecule has 1 N–H and O–H groups in total. The third-order valence-corrected chi connectivity index (χ3v) is 6.12. The van der Waals surface area contributed by atoms with Crippen molar-refractivity contribution in [3.8, 4) is 17.2 Å². The zero-order valence-electron chi connectivity index (χ0n) is 20.2. The van der Waals surface area contributed by atoms with Crippen LogP contribution in [0.25, 0.3) is 0 Å². The van der Waals surface area contributed by atoms with Crippen LogP contribution in [0.5, 0.6) is 17.2 Å². The van der Waals surface area contributed by atoms with E-state index in [4.69, 9.17) is 23.7 Å². The molecule has 2 aliphatic rings. The zero-order valence-corrected chi connectivity index (χ0v) is 20.2. The molecule has 35 heavy (non-hydrogen) atoms. The molecule has 184 valence electrons. The molecule has 4 atom stereocenters. The molecule has 3 aromatic rings. The number of ether oxygens (including phenoxy) is 5. The van der Waals surface area contributed by atoms with Gasteiger partial charge in [-0.2, -0.15) is 0 Å². The van der Waals surface area contributed by atoms with Gasteiger partial charge < -0.3 is 28.8 Å². The summed E-state index contributed by atoms with van der Waals surface area (Å²) < 4.78 is 27.9. The van der Waals surface area contributed by atoms with Crippen LogP contribution in [0.3, 0.4) is 0 Å². The number of rotatable bonds is 12. The van der Waals surface area contributed by atoms with Crippen molar-refractivity contribution < 1.29 is 28.8 Å². The molecule has 0 amide bonds. The van der Waals surface area contributed by atoms with E-state index in [1.165, 1.54) is 5.56 Å². The van der Waals surface area contributed by atoms with Gasteiger partial charge in [0.2, 0.25) is 0 Å². The van der Waals surface area contributed by atoms with Crippen molar-refractivity contribution in [2.24, 2.45) is 0 Å². The van der Waals surface area contributed by atoms with Gasteiger partial charge in [0.15, 0.2) is 0 Å². The lowest BCUT2D eigenvalue weighted by atomic mass is 9.84. The largest absolute Gasteiger partial charge is 0.491 e. The van der Waals surface area contributed by atoms with E-state index in [2.05, 4.69) is 43.3 Å². The summed E-state index contributed by atoms with van der Waals surface area (Å²) in [5, 5.41) is 9.51. The molecule has 0 radical (unpaired) electrons. The monoisotopic (exact) mass is 476 g/mol. The molecular weight excluding hydrogens is 444 g/mol. The second-order valence-corrected chi connectivity index (χ2v) is 9.29. The summed E-state index contributed by atoms with van der Waals surface area (Å²) in [5.41, 5.74) is 4.58. The summed E-state index contributed by atoms with van der Waals surface area (Å²) in [7, 11) is 0. The Labute approximate surface area is 206 Å². The molecule has 4 unspecified atom stereocenters. The number of aliphatic hydroxyl groups is 1. The van der Waals surface area contributed by atoms with Crippen LogP contribution in [0.4, 0.5) is 0 Å². The van der Waals surface area contributed by atoms with E-state index in [-0.39, 0.29) is 24.7 Å². The number of benzene rings is 3. The van der Waals surface area contributed by atoms with Crippen LogP contribution in [0.15, 0.2) is 66.7 Å². The number of aliphatic hydroxyl groups excluding tert-OH is 1. The fourth-order valence-corrected chi connectivity index (χ4v) is 4.02. The van der Waals surface area contributed by atoms with Gasteiger partial charge in [0.05, 0.1) is 19.3 Å². The van der Waals surface area contributed by atoms with Gasteiger partial charge in [-0.15, -0.1) is 0 Å². The van der Waals surface area contributed by atoms with Crippen LogP contribution in [0.2, 0.25) is 0 Å². The highest BCUT2D eigenvalue weighted by Gasteiger charge is 2.24. The molecule has 6 nitrogen and oxygen atoms in total. The molecule has 6 heteroatoms. The van der Waals surface area contributed by atoms with E-state index in [0.717, 1.165) is 47.2 Å². The predicted octanol–water partition coefficient (Wildman–Crippen LogP) is 4.49. The Kier molecular flexibility index (Phi) is 7.23. The van der Waals surface area contributed by atoms with Crippen molar-refractivity contribution in [2.75, 3.05) is 33.0 Å². The Balaban J connectivity index is 1.40. The van der Waals surface area contributed by atoms with Crippen LogP contribution in [0.1, 0.15) is 35.1 Å². The normalized spacial score (nSPS) is 20.1. The molecule has 0 spiro atoms. The fraction of sp³-hybridized carbons (Fsp3) is 0.379. The van der Waals surface area contributed by atoms with Crippen molar-refractivity contribution in [2.45, 2.75) is 38.1 Å². The minimum absolute atomic E-state index is 0.0288. The first kappa shape index (κ1) is 23.7. The molecule has 2 fully saturated rings. The van der Waals surface area contributed by atoms with E-state index in [1.807, 2.05) is 30.3 Å². The average molecular weight is 477 g/mol. The van der Waals surface area contributed by atoms with Gasteiger partial charge in [0.25, 0.3) is 0 Å². The molecule has 0 aromatic heterocycles. The number of hydrogen-bond donors (Lipinski definition) is 1. The summed E-state index contributed by atoms with van der Waals surface area (Å²) in [6, 6.07) is 22.7. The van der Waals surface area contributed by atoms with Gasteiger partial charge in [-0.25, -0.2) is 0 Å². The Morgan fingerprint density at radius 3 is 1.80 bits per heavy atom. The third kappa shape index (κ3) is 6.54. The standard InChI is InChI=1S/C29H32O6/c1-19-13-23(7-12-28(19)35-18-27-17-34-27)29(21-3-8-24(9-4-21)31-14-20(2)30)22-5-10-25(11-6-22)32-15-26-16-33-26/h3-13,20,26-27,29-30H,14-18H2,1-2H3. The predicted molar refractivity (Wildman–Crippen MR) is 133 cm³/mol. The van der Waals surface area contributed by atoms with Crippen molar-refractivity contribution >= 4 is 0 Å². The van der Waals surface area contributed by atoms with Crippen molar-refractivity contribution in [3.63, 3.8) is 0 Å². The fourth-order valence-electron chi connectivity index (χ4n) is 4.02. The van der Waals surface area contributed by atoms with Crippen LogP contribution in [-0.4, -0.2) is 56.5 Å². The Morgan fingerprint density at radius 1 is 0.771 bits per heavy atom. The highest BCUT2D eigenvalue weighted by atomic mass is 16.6. The smallest absolute Gasteiger partial charge is 0.122 e. The lowest BCUT2D eigenvalue weighted by Crippen LogP contribution is -2.12. The Morgan fingerprint density at radius 2 is 1.29 bits per heavy atom. The van der Waals surface area contributed by atoms with E-state index < -0.39 is 6.10 Å². The minimum atomic E-state index is -0.509. The van der Waals surface area contributed by atoms with Gasteiger partial charge in [0, 0.05) is 5.92 Å². The maximum Gasteiger partial charge on any atom is 0.122 e. The molecular formula is C29H32O6. The molecule has 0 aliphatic carbocycles. The molecule has 2 saturated heterocycles. The molecule has 3 aromatic carbocycles. The lowest BCUT2D eigenvalue weighted by Gasteiger charge is -2.21. The zero-order chi connectivity index (χ0) is 24.2. The van der Waals surface area contributed by atoms with Gasteiger partial charge in [0.1, 0.15) is 49.3 Å². The van der Waals surface area contributed by atoms with E-state index in [0.29, 0.717) is 13.2 Å². The van der Waals surface area contributed by atoms with E-state index >= 15 is 0 Å². The van der Waals surface area contributed by atoms with Crippen LogP contribution in [0, 0.1) is 6.92 Å². The number of aryl methyl sites for hydroxylation is 1. The first-order valence-corrected chi connectivity index (χ1v) is 12.2. The Hall–Kier alpha value is -3.06. The Bertz CT molecular complexity index is 1050. The SMILES string of the molecule is Cc1cc(C(c2ccc(OCC(C)O)cc2)c2ccc(OCC3CO3)cc2)ccc1OCC1CO1. The van der Waals surface area contributed by atoms with E-state index in [9.17, 15) is 5.11 Å². The quantitative estimate of drug-likeness (QED) is 0.307. The number of hydrogen-bond acceptors (Lipinski definition) is 6. The van der Waals surface area contributed by atoms with Crippen molar-refractivity contribution in [3.05, 3.63) is 89.0 Å². The molecule has 0 saturated carbocycles. The average Bonchev–Trinajstić information content (AvgIpc) is 3.78. The van der Waals surface area contributed by atoms with Crippen LogP contribution >= 0.6 is 0 Å². The lowest BCUT2D eigenvalue weighted by molar-refractivity contribution is 0.122. The van der Waals surface area contributed by atoms with Gasteiger partial charge in [-0.1, -0.05) is 36.4 Å². The van der Waals surface area contributed by atoms with Crippen LogP contribution in [-0.2, 0) is 9.47 Å². The molecule has 5 rings (SSSR count). The van der Waals surface area contributed by atoms with E-state index in [1.54, 1.807) is 6.92 Å². The second kappa shape index (κ2) is 10.7. The first-order chi connectivity index (χ1) is 17.0. The molecule has 2 aliphatic heterocycles. The maximum atomic E-state index is 9.51. The molecule has 2 heterocycles. The van der Waals surface area contributed by atoms with Gasteiger partial charge in [-0.05, 0) is 66.4 Å². The topological polar surface area (TPSA) is 73.0 Å². The summed E-state index contributed by atoms with van der Waals surface area (Å²) in [5.74, 6) is 2.49. The van der Waals surface area contributed by atoms with Crippen molar-refractivity contribution in [1.29, 1.82) is 0 Å². The molecule has 0 bridgehead atoms.